The van der Waals surface area contributed by atoms with Crippen LogP contribution in [0, 0.1) is 0 Å². The Labute approximate surface area is 144 Å². The van der Waals surface area contributed by atoms with Crippen LogP contribution >= 0.6 is 11.6 Å². The van der Waals surface area contributed by atoms with Crippen LogP contribution in [-0.2, 0) is 6.54 Å². The van der Waals surface area contributed by atoms with Crippen molar-refractivity contribution in [1.29, 1.82) is 0 Å². The third kappa shape index (κ3) is 3.19. The van der Waals surface area contributed by atoms with E-state index in [9.17, 15) is 4.79 Å². The fraction of sp³-hybridized carbons (Fsp3) is 0.412. The van der Waals surface area contributed by atoms with Gasteiger partial charge in [-0.1, -0.05) is 11.6 Å². The number of ether oxygens (including phenoxy) is 2. The minimum Gasteiger partial charge on any atom is -0.489 e. The van der Waals surface area contributed by atoms with E-state index in [0.29, 0.717) is 47.9 Å². The first kappa shape index (κ1) is 15.3. The van der Waals surface area contributed by atoms with Gasteiger partial charge in [0.25, 0.3) is 5.91 Å². The molecule has 0 saturated heterocycles. The van der Waals surface area contributed by atoms with Crippen LogP contribution in [0.1, 0.15) is 46.9 Å². The number of aromatic nitrogens is 2. The molecule has 6 nitrogen and oxygen atoms in total. The topological polar surface area (TPSA) is 76.2 Å². The molecule has 2 aromatic rings. The lowest BCUT2D eigenvalue weighted by molar-refractivity contribution is 0.0946. The lowest BCUT2D eigenvalue weighted by Crippen LogP contribution is -2.23. The molecule has 2 heterocycles. The normalized spacial score (nSPS) is 16.5. The SMILES string of the molecule is O=C(NCc1cc(Cl)c2c(c1)OCCCO2)c1cc(C2CC2)[nH]n1. The Kier molecular flexibility index (Phi) is 4.06. The predicted octanol–water partition coefficient (Wildman–Crippen LogP) is 3.03. The summed E-state index contributed by atoms with van der Waals surface area (Å²) in [6, 6.07) is 5.47. The number of nitrogens with zero attached hydrogens (tertiary/aromatic N) is 1. The van der Waals surface area contributed by atoms with Gasteiger partial charge in [-0.2, -0.15) is 5.10 Å². The Morgan fingerprint density at radius 3 is 2.96 bits per heavy atom. The number of carbonyl (C=O) groups is 1. The Morgan fingerprint density at radius 2 is 2.12 bits per heavy atom. The molecule has 1 aromatic carbocycles. The lowest BCUT2D eigenvalue weighted by Gasteiger charge is -2.12. The maximum atomic E-state index is 12.2. The highest BCUT2D eigenvalue weighted by molar-refractivity contribution is 6.32. The summed E-state index contributed by atoms with van der Waals surface area (Å²) < 4.78 is 11.3. The zero-order valence-corrected chi connectivity index (χ0v) is 13.9. The standard InChI is InChI=1S/C17H18ClN3O3/c18-12-6-10(7-15-16(12)24-5-1-4-23-15)9-19-17(22)14-8-13(20-21-14)11-2-3-11/h6-8,11H,1-5,9H2,(H,19,22)(H,20,21). The molecule has 24 heavy (non-hydrogen) atoms. The van der Waals surface area contributed by atoms with E-state index in [0.717, 1.165) is 17.7 Å². The molecule has 1 aliphatic carbocycles. The molecule has 126 valence electrons. The quantitative estimate of drug-likeness (QED) is 0.891. The van der Waals surface area contributed by atoms with Gasteiger partial charge in [0.15, 0.2) is 11.5 Å². The van der Waals surface area contributed by atoms with Crippen LogP contribution in [0.25, 0.3) is 0 Å². The zero-order valence-electron chi connectivity index (χ0n) is 13.1. The van der Waals surface area contributed by atoms with E-state index in [2.05, 4.69) is 15.5 Å². The van der Waals surface area contributed by atoms with Crippen molar-refractivity contribution in [3.63, 3.8) is 0 Å². The van der Waals surface area contributed by atoms with Crippen LogP contribution in [-0.4, -0.2) is 29.3 Å². The third-order valence-corrected chi connectivity index (χ3v) is 4.44. The van der Waals surface area contributed by atoms with Crippen LogP contribution < -0.4 is 14.8 Å². The molecule has 2 N–H and O–H groups in total. The molecular formula is C17H18ClN3O3. The highest BCUT2D eigenvalue weighted by Crippen LogP contribution is 2.39. The van der Waals surface area contributed by atoms with Gasteiger partial charge in [0.05, 0.1) is 18.2 Å². The van der Waals surface area contributed by atoms with Crippen LogP contribution in [0.15, 0.2) is 18.2 Å². The second kappa shape index (κ2) is 6.36. The third-order valence-electron chi connectivity index (χ3n) is 4.16. The first-order valence-corrected chi connectivity index (χ1v) is 8.50. The lowest BCUT2D eigenvalue weighted by atomic mass is 10.2. The van der Waals surface area contributed by atoms with E-state index in [4.69, 9.17) is 21.1 Å². The summed E-state index contributed by atoms with van der Waals surface area (Å²) in [5, 5.41) is 10.4. The van der Waals surface area contributed by atoms with Gasteiger partial charge in [-0.3, -0.25) is 9.89 Å². The number of benzene rings is 1. The fourth-order valence-corrected chi connectivity index (χ4v) is 3.00. The van der Waals surface area contributed by atoms with Crippen molar-refractivity contribution < 1.29 is 14.3 Å². The molecule has 1 aromatic heterocycles. The van der Waals surface area contributed by atoms with Crippen molar-refractivity contribution in [2.45, 2.75) is 31.7 Å². The maximum Gasteiger partial charge on any atom is 0.272 e. The van der Waals surface area contributed by atoms with Crippen molar-refractivity contribution >= 4 is 17.5 Å². The molecule has 2 aliphatic rings. The Hall–Kier alpha value is -2.21. The molecule has 1 amide bonds. The van der Waals surface area contributed by atoms with Gasteiger partial charge in [0.1, 0.15) is 5.69 Å². The summed E-state index contributed by atoms with van der Waals surface area (Å²) in [6.45, 7) is 1.53. The van der Waals surface area contributed by atoms with Gasteiger partial charge in [0.2, 0.25) is 0 Å². The average molecular weight is 348 g/mol. The molecule has 0 atom stereocenters. The number of rotatable bonds is 4. The highest BCUT2D eigenvalue weighted by atomic mass is 35.5. The maximum absolute atomic E-state index is 12.2. The van der Waals surface area contributed by atoms with Crippen LogP contribution in [0.3, 0.4) is 0 Å². The average Bonchev–Trinajstić information content (AvgIpc) is 3.35. The Bertz CT molecular complexity index is 770. The smallest absolute Gasteiger partial charge is 0.272 e. The number of nitrogens with one attached hydrogen (secondary N) is 2. The van der Waals surface area contributed by atoms with E-state index in [-0.39, 0.29) is 5.91 Å². The molecule has 1 fully saturated rings. The van der Waals surface area contributed by atoms with Gasteiger partial charge in [0, 0.05) is 24.6 Å². The highest BCUT2D eigenvalue weighted by Gasteiger charge is 2.26. The number of fused-ring (bicyclic) bond motifs is 1. The number of hydrogen-bond donors (Lipinski definition) is 2. The summed E-state index contributed by atoms with van der Waals surface area (Å²) in [6.07, 6.45) is 3.15. The van der Waals surface area contributed by atoms with Crippen LogP contribution in [0.2, 0.25) is 5.02 Å². The summed E-state index contributed by atoms with van der Waals surface area (Å²) in [4.78, 5) is 12.2. The van der Waals surface area contributed by atoms with E-state index in [1.165, 1.54) is 12.8 Å². The first-order chi connectivity index (χ1) is 11.7. The van der Waals surface area contributed by atoms with Crippen molar-refractivity contribution in [2.24, 2.45) is 0 Å². The zero-order chi connectivity index (χ0) is 16.5. The first-order valence-electron chi connectivity index (χ1n) is 8.12. The van der Waals surface area contributed by atoms with Crippen LogP contribution in [0.4, 0.5) is 0 Å². The van der Waals surface area contributed by atoms with Gasteiger partial charge in [-0.05, 0) is 36.6 Å². The fourth-order valence-electron chi connectivity index (χ4n) is 2.72. The summed E-state index contributed by atoms with van der Waals surface area (Å²) >= 11 is 6.26. The van der Waals surface area contributed by atoms with Gasteiger partial charge in [-0.15, -0.1) is 0 Å². The number of halogens is 1. The van der Waals surface area contributed by atoms with Crippen molar-refractivity contribution in [3.05, 3.63) is 40.2 Å². The van der Waals surface area contributed by atoms with Gasteiger partial charge < -0.3 is 14.8 Å². The molecule has 0 unspecified atom stereocenters. The van der Waals surface area contributed by atoms with E-state index >= 15 is 0 Å². The summed E-state index contributed by atoms with van der Waals surface area (Å²) in [5.74, 6) is 1.53. The van der Waals surface area contributed by atoms with E-state index < -0.39 is 0 Å². The molecule has 7 heteroatoms. The molecular weight excluding hydrogens is 330 g/mol. The second-order valence-electron chi connectivity index (χ2n) is 6.12. The Morgan fingerprint density at radius 1 is 1.29 bits per heavy atom. The minimum absolute atomic E-state index is 0.207. The second-order valence-corrected chi connectivity index (χ2v) is 6.53. The van der Waals surface area contributed by atoms with Crippen molar-refractivity contribution in [3.8, 4) is 11.5 Å². The largest absolute Gasteiger partial charge is 0.489 e. The molecule has 1 saturated carbocycles. The molecule has 1 aliphatic heterocycles. The molecule has 0 radical (unpaired) electrons. The number of aromatic amines is 1. The van der Waals surface area contributed by atoms with Crippen molar-refractivity contribution in [1.82, 2.24) is 15.5 Å². The number of hydrogen-bond acceptors (Lipinski definition) is 4. The van der Waals surface area contributed by atoms with Gasteiger partial charge >= 0.3 is 0 Å². The summed E-state index contributed by atoms with van der Waals surface area (Å²) in [7, 11) is 0. The monoisotopic (exact) mass is 347 g/mol. The van der Waals surface area contributed by atoms with E-state index in [1.54, 1.807) is 6.07 Å². The molecule has 0 bridgehead atoms. The summed E-state index contributed by atoms with van der Waals surface area (Å²) in [5.41, 5.74) is 2.31. The number of carbonyl (C=O) groups excluding carboxylic acids is 1. The predicted molar refractivity (Wildman–Crippen MR) is 88.8 cm³/mol. The molecule has 0 spiro atoms. The molecule has 4 rings (SSSR count). The minimum atomic E-state index is -0.207. The van der Waals surface area contributed by atoms with E-state index in [1.807, 2.05) is 12.1 Å². The van der Waals surface area contributed by atoms with Crippen LogP contribution in [0.5, 0.6) is 11.5 Å². The van der Waals surface area contributed by atoms with Crippen molar-refractivity contribution in [2.75, 3.05) is 13.2 Å². The Balaban J connectivity index is 1.44. The number of amides is 1. The number of H-pyrrole nitrogens is 1. The van der Waals surface area contributed by atoms with Gasteiger partial charge in [-0.25, -0.2) is 0 Å².